The van der Waals surface area contributed by atoms with Gasteiger partial charge in [0.25, 0.3) is 0 Å². The monoisotopic (exact) mass is 302 g/mol. The summed E-state index contributed by atoms with van der Waals surface area (Å²) in [4.78, 5) is 0. The summed E-state index contributed by atoms with van der Waals surface area (Å²) in [6.07, 6.45) is 6.99. The second-order valence-corrected chi connectivity index (χ2v) is 7.74. The Balaban J connectivity index is 1.55. The van der Waals surface area contributed by atoms with E-state index in [4.69, 9.17) is 0 Å². The van der Waals surface area contributed by atoms with Crippen LogP contribution >= 0.6 is 0 Å². The molecule has 0 saturated heterocycles. The Hall–Kier alpha value is -0.210. The first kappa shape index (κ1) is 15.7. The summed E-state index contributed by atoms with van der Waals surface area (Å²) in [6, 6.07) is 0. The van der Waals surface area contributed by atoms with Gasteiger partial charge in [0.1, 0.15) is 18.5 Å². The van der Waals surface area contributed by atoms with Crippen molar-refractivity contribution >= 4 is 0 Å². The van der Waals surface area contributed by atoms with E-state index < -0.39 is 18.5 Å². The maximum atomic E-state index is 14.6. The number of rotatable bonds is 2. The zero-order valence-electron chi connectivity index (χ0n) is 13.0. The van der Waals surface area contributed by atoms with Gasteiger partial charge in [-0.3, -0.25) is 0 Å². The fourth-order valence-electron chi connectivity index (χ4n) is 5.27. The Bertz CT molecular complexity index is 326. The smallest absolute Gasteiger partial charge is 0.106 e. The number of hydrogen-bond donors (Lipinski definition) is 0. The van der Waals surface area contributed by atoms with Crippen LogP contribution in [0.3, 0.4) is 0 Å². The van der Waals surface area contributed by atoms with Crippen molar-refractivity contribution in [3.05, 3.63) is 0 Å². The number of alkyl halides is 3. The van der Waals surface area contributed by atoms with Gasteiger partial charge in [-0.25, -0.2) is 13.2 Å². The second-order valence-electron chi connectivity index (χ2n) is 7.74. The van der Waals surface area contributed by atoms with Crippen molar-refractivity contribution in [3.8, 4) is 0 Å². The fourth-order valence-corrected chi connectivity index (χ4v) is 5.27. The molecular formula is C18H29F3. The van der Waals surface area contributed by atoms with Gasteiger partial charge < -0.3 is 0 Å². The second kappa shape index (κ2) is 6.91. The van der Waals surface area contributed by atoms with Crippen LogP contribution in [0.25, 0.3) is 0 Å². The molecule has 0 amide bonds. The van der Waals surface area contributed by atoms with Gasteiger partial charge in [0.2, 0.25) is 0 Å². The highest BCUT2D eigenvalue weighted by Gasteiger charge is 2.42. The highest BCUT2D eigenvalue weighted by atomic mass is 19.1. The maximum absolute atomic E-state index is 14.6. The molecule has 0 nitrogen and oxygen atoms in total. The summed E-state index contributed by atoms with van der Waals surface area (Å²) < 4.78 is 42.0. The van der Waals surface area contributed by atoms with E-state index in [2.05, 4.69) is 0 Å². The summed E-state index contributed by atoms with van der Waals surface area (Å²) in [5, 5.41) is 0. The highest BCUT2D eigenvalue weighted by molar-refractivity contribution is 4.91. The molecule has 3 aliphatic carbocycles. The average molecular weight is 302 g/mol. The van der Waals surface area contributed by atoms with Crippen molar-refractivity contribution < 1.29 is 13.2 Å². The molecule has 6 unspecified atom stereocenters. The predicted octanol–water partition coefficient (Wildman–Crippen LogP) is 5.80. The molecule has 3 heteroatoms. The molecule has 0 heterocycles. The number of hydrogen-bond acceptors (Lipinski definition) is 0. The normalized spacial score (nSPS) is 46.4. The maximum Gasteiger partial charge on any atom is 0.106 e. The molecule has 3 rings (SSSR count). The lowest BCUT2D eigenvalue weighted by atomic mass is 9.65. The number of halogens is 3. The Labute approximate surface area is 126 Å². The van der Waals surface area contributed by atoms with Crippen molar-refractivity contribution in [2.75, 3.05) is 0 Å². The Morgan fingerprint density at radius 3 is 1.81 bits per heavy atom. The van der Waals surface area contributed by atoms with Gasteiger partial charge in [-0.2, -0.15) is 0 Å². The third-order valence-corrected chi connectivity index (χ3v) is 6.48. The lowest BCUT2D eigenvalue weighted by Crippen LogP contribution is -2.39. The summed E-state index contributed by atoms with van der Waals surface area (Å²) in [5.41, 5.74) is 0. The quantitative estimate of drug-likeness (QED) is 0.605. The molecule has 0 bridgehead atoms. The zero-order valence-corrected chi connectivity index (χ0v) is 13.0. The highest BCUT2D eigenvalue weighted by Crippen LogP contribution is 2.46. The van der Waals surface area contributed by atoms with Crippen LogP contribution in [-0.2, 0) is 0 Å². The minimum absolute atomic E-state index is 0.0458. The standard InChI is InChI=1S/C18H29F3/c19-14-7-9-16(18(21)11-14)13-6-8-15(17(20)10-13)12-4-2-1-3-5-12/h12-18H,1-11H2. The molecular weight excluding hydrogens is 273 g/mol. The van der Waals surface area contributed by atoms with E-state index in [1.165, 1.54) is 32.1 Å². The molecule has 0 radical (unpaired) electrons. The van der Waals surface area contributed by atoms with E-state index in [0.717, 1.165) is 12.8 Å². The van der Waals surface area contributed by atoms with Gasteiger partial charge >= 0.3 is 0 Å². The molecule has 0 aromatic carbocycles. The van der Waals surface area contributed by atoms with Crippen LogP contribution in [0.15, 0.2) is 0 Å². The summed E-state index contributed by atoms with van der Waals surface area (Å²) in [6.45, 7) is 0. The predicted molar refractivity (Wildman–Crippen MR) is 79.4 cm³/mol. The minimum atomic E-state index is -1.04. The molecule has 0 N–H and O–H groups in total. The molecule has 3 fully saturated rings. The SMILES string of the molecule is FC1CCC(C2CCC(C3CCCCC3)C(F)C2)C(F)C1. The van der Waals surface area contributed by atoms with E-state index in [-0.39, 0.29) is 24.2 Å². The molecule has 3 saturated carbocycles. The van der Waals surface area contributed by atoms with E-state index in [1.54, 1.807) is 0 Å². The molecule has 122 valence electrons. The third-order valence-electron chi connectivity index (χ3n) is 6.48. The first-order valence-corrected chi connectivity index (χ1v) is 9.07. The first-order valence-electron chi connectivity index (χ1n) is 9.07. The summed E-state index contributed by atoms with van der Waals surface area (Å²) >= 11 is 0. The molecule has 0 aromatic heterocycles. The van der Waals surface area contributed by atoms with Crippen molar-refractivity contribution in [2.45, 2.75) is 89.1 Å². The Morgan fingerprint density at radius 1 is 0.524 bits per heavy atom. The van der Waals surface area contributed by atoms with Crippen molar-refractivity contribution in [1.29, 1.82) is 0 Å². The molecule has 0 aromatic rings. The molecule has 6 atom stereocenters. The Kier molecular flexibility index (Phi) is 5.16. The molecule has 3 aliphatic rings. The van der Waals surface area contributed by atoms with Gasteiger partial charge in [0.15, 0.2) is 0 Å². The van der Waals surface area contributed by atoms with Crippen LogP contribution in [0.5, 0.6) is 0 Å². The van der Waals surface area contributed by atoms with Gasteiger partial charge in [0.05, 0.1) is 0 Å². The Morgan fingerprint density at radius 2 is 1.14 bits per heavy atom. The van der Waals surface area contributed by atoms with E-state index in [1.807, 2.05) is 0 Å². The van der Waals surface area contributed by atoms with Gasteiger partial charge in [-0.1, -0.05) is 32.1 Å². The van der Waals surface area contributed by atoms with Crippen molar-refractivity contribution in [2.24, 2.45) is 23.7 Å². The lowest BCUT2D eigenvalue weighted by molar-refractivity contribution is 0.00513. The molecule has 0 aliphatic heterocycles. The summed E-state index contributed by atoms with van der Waals surface area (Å²) in [5.74, 6) is 0.861. The lowest BCUT2D eigenvalue weighted by Gasteiger charge is -2.42. The van der Waals surface area contributed by atoms with Gasteiger partial charge in [0, 0.05) is 6.42 Å². The van der Waals surface area contributed by atoms with Crippen LogP contribution in [0, 0.1) is 23.7 Å². The average Bonchev–Trinajstić information content (AvgIpc) is 2.48. The van der Waals surface area contributed by atoms with Crippen LogP contribution in [-0.4, -0.2) is 18.5 Å². The molecule has 0 spiro atoms. The van der Waals surface area contributed by atoms with E-state index >= 15 is 0 Å². The molecule has 21 heavy (non-hydrogen) atoms. The van der Waals surface area contributed by atoms with E-state index in [0.29, 0.717) is 25.2 Å². The topological polar surface area (TPSA) is 0 Å². The zero-order chi connectivity index (χ0) is 14.8. The fraction of sp³-hybridized carbons (Fsp3) is 1.00. The third kappa shape index (κ3) is 3.59. The van der Waals surface area contributed by atoms with Crippen LogP contribution in [0.4, 0.5) is 13.2 Å². The van der Waals surface area contributed by atoms with Gasteiger partial charge in [-0.05, 0) is 55.8 Å². The van der Waals surface area contributed by atoms with E-state index in [9.17, 15) is 13.2 Å². The summed E-state index contributed by atoms with van der Waals surface area (Å²) in [7, 11) is 0. The van der Waals surface area contributed by atoms with Crippen LogP contribution in [0.1, 0.15) is 70.6 Å². The minimum Gasteiger partial charge on any atom is -0.247 e. The van der Waals surface area contributed by atoms with Crippen LogP contribution in [0.2, 0.25) is 0 Å². The first-order chi connectivity index (χ1) is 10.1. The largest absolute Gasteiger partial charge is 0.247 e. The van der Waals surface area contributed by atoms with Crippen molar-refractivity contribution in [1.82, 2.24) is 0 Å². The van der Waals surface area contributed by atoms with Crippen molar-refractivity contribution in [3.63, 3.8) is 0 Å². The van der Waals surface area contributed by atoms with Gasteiger partial charge in [-0.15, -0.1) is 0 Å². The van der Waals surface area contributed by atoms with Crippen LogP contribution < -0.4 is 0 Å².